The van der Waals surface area contributed by atoms with Crippen molar-refractivity contribution in [3.8, 4) is 67.5 Å². The monoisotopic (exact) mass is 677 g/mol. The molecule has 0 N–H and O–H groups in total. The van der Waals surface area contributed by atoms with Gasteiger partial charge in [-0.25, -0.2) is 15.0 Å². The Morgan fingerprint density at radius 3 is 1.51 bits per heavy atom. The summed E-state index contributed by atoms with van der Waals surface area (Å²) in [5, 5.41) is 4.54. The van der Waals surface area contributed by atoms with Crippen molar-refractivity contribution in [1.29, 1.82) is 0 Å². The largest absolute Gasteiger partial charge is 0.455 e. The Morgan fingerprint density at radius 2 is 0.792 bits per heavy atom. The Balaban J connectivity index is 1.07. The summed E-state index contributed by atoms with van der Waals surface area (Å²) in [6.07, 6.45) is 0. The van der Waals surface area contributed by atoms with Crippen LogP contribution in [-0.4, -0.2) is 15.0 Å². The normalized spacial score (nSPS) is 11.4. The Morgan fingerprint density at radius 1 is 0.302 bits per heavy atom. The molecule has 10 rings (SSSR count). The van der Waals surface area contributed by atoms with Crippen molar-refractivity contribution >= 4 is 32.7 Å². The standard InChI is InChI=1S/C49H31N3O/c1-2-10-32(11-3-1)39-14-8-15-40(30-39)34-20-25-36(26-21-34)47-50-48(37-27-22-35(23-28-37)41-29-24-33-12-4-5-13-38(33)31-41)52-49(51-47)44-18-9-17-43-42-16-6-7-19-45(42)53-46(43)44/h1-31H. The third-order valence-electron chi connectivity index (χ3n) is 9.95. The highest BCUT2D eigenvalue weighted by molar-refractivity contribution is 6.09. The van der Waals surface area contributed by atoms with E-state index in [0.717, 1.165) is 55.3 Å². The minimum atomic E-state index is 0.563. The molecule has 10 aromatic rings. The smallest absolute Gasteiger partial charge is 0.167 e. The molecule has 0 bridgehead atoms. The molecular formula is C49H31N3O. The summed E-state index contributed by atoms with van der Waals surface area (Å²) in [6.45, 7) is 0. The molecule has 8 aromatic carbocycles. The second kappa shape index (κ2) is 12.9. The highest BCUT2D eigenvalue weighted by Crippen LogP contribution is 2.36. The zero-order valence-corrected chi connectivity index (χ0v) is 28.6. The number of rotatable bonds is 6. The first-order chi connectivity index (χ1) is 26.2. The van der Waals surface area contributed by atoms with E-state index in [0.29, 0.717) is 17.5 Å². The van der Waals surface area contributed by atoms with Crippen LogP contribution >= 0.6 is 0 Å². The number of hydrogen-bond acceptors (Lipinski definition) is 4. The van der Waals surface area contributed by atoms with Gasteiger partial charge in [-0.3, -0.25) is 0 Å². The summed E-state index contributed by atoms with van der Waals surface area (Å²) < 4.78 is 6.43. The third-order valence-corrected chi connectivity index (χ3v) is 9.95. The topological polar surface area (TPSA) is 51.8 Å². The fourth-order valence-electron chi connectivity index (χ4n) is 7.18. The molecule has 0 radical (unpaired) electrons. The van der Waals surface area contributed by atoms with Crippen LogP contribution < -0.4 is 0 Å². The summed E-state index contributed by atoms with van der Waals surface area (Å²) >= 11 is 0. The molecule has 0 aliphatic carbocycles. The number of hydrogen-bond donors (Lipinski definition) is 0. The second-order valence-corrected chi connectivity index (χ2v) is 13.3. The molecular weight excluding hydrogens is 647 g/mol. The molecule has 0 unspecified atom stereocenters. The van der Waals surface area contributed by atoms with Gasteiger partial charge in [-0.15, -0.1) is 0 Å². The summed E-state index contributed by atoms with van der Waals surface area (Å²) in [6, 6.07) is 65.3. The van der Waals surface area contributed by atoms with E-state index in [1.54, 1.807) is 0 Å². The van der Waals surface area contributed by atoms with Gasteiger partial charge in [-0.2, -0.15) is 0 Å². The van der Waals surface area contributed by atoms with Crippen LogP contribution in [0.5, 0.6) is 0 Å². The van der Waals surface area contributed by atoms with Gasteiger partial charge in [-0.05, 0) is 68.4 Å². The summed E-state index contributed by atoms with van der Waals surface area (Å²) in [5.74, 6) is 1.76. The first-order valence-corrected chi connectivity index (χ1v) is 17.8. The van der Waals surface area contributed by atoms with E-state index in [1.165, 1.54) is 27.5 Å². The van der Waals surface area contributed by atoms with E-state index in [4.69, 9.17) is 19.4 Å². The Labute approximate surface area is 306 Å². The van der Waals surface area contributed by atoms with Gasteiger partial charge in [0.1, 0.15) is 11.2 Å². The van der Waals surface area contributed by atoms with Crippen molar-refractivity contribution in [3.63, 3.8) is 0 Å². The van der Waals surface area contributed by atoms with E-state index in [1.807, 2.05) is 36.4 Å². The van der Waals surface area contributed by atoms with Gasteiger partial charge < -0.3 is 4.42 Å². The van der Waals surface area contributed by atoms with Crippen LogP contribution in [0.15, 0.2) is 192 Å². The van der Waals surface area contributed by atoms with E-state index in [-0.39, 0.29) is 0 Å². The van der Waals surface area contributed by atoms with Crippen LogP contribution in [0.3, 0.4) is 0 Å². The number of fused-ring (bicyclic) bond motifs is 4. The van der Waals surface area contributed by atoms with Gasteiger partial charge in [-0.1, -0.05) is 164 Å². The van der Waals surface area contributed by atoms with Crippen molar-refractivity contribution in [2.45, 2.75) is 0 Å². The van der Waals surface area contributed by atoms with Gasteiger partial charge >= 0.3 is 0 Å². The van der Waals surface area contributed by atoms with E-state index in [9.17, 15) is 0 Å². The summed E-state index contributed by atoms with van der Waals surface area (Å²) in [7, 11) is 0. The van der Waals surface area contributed by atoms with Crippen molar-refractivity contribution in [1.82, 2.24) is 15.0 Å². The zero-order chi connectivity index (χ0) is 35.1. The molecule has 0 saturated carbocycles. The quantitative estimate of drug-likeness (QED) is 0.176. The fraction of sp³-hybridized carbons (Fsp3) is 0. The van der Waals surface area contributed by atoms with Crippen molar-refractivity contribution in [2.24, 2.45) is 0 Å². The Hall–Kier alpha value is -7.17. The van der Waals surface area contributed by atoms with Crippen molar-refractivity contribution < 1.29 is 4.42 Å². The lowest BCUT2D eigenvalue weighted by atomic mass is 9.98. The molecule has 0 spiro atoms. The molecule has 2 heterocycles. The van der Waals surface area contributed by atoms with Gasteiger partial charge in [0.15, 0.2) is 17.5 Å². The van der Waals surface area contributed by atoms with Crippen LogP contribution in [0, 0.1) is 0 Å². The van der Waals surface area contributed by atoms with Crippen LogP contribution in [0.25, 0.3) is 100 Å². The SMILES string of the molecule is c1ccc(-c2cccc(-c3ccc(-c4nc(-c5ccc(-c6ccc7ccccc7c6)cc5)nc(-c5cccc6c5oc5ccccc56)n4)cc3)c2)cc1. The molecule has 248 valence electrons. The maximum absolute atomic E-state index is 6.43. The lowest BCUT2D eigenvalue weighted by Crippen LogP contribution is -2.00. The van der Waals surface area contributed by atoms with Crippen molar-refractivity contribution in [3.05, 3.63) is 188 Å². The lowest BCUT2D eigenvalue weighted by Gasteiger charge is -2.11. The molecule has 0 aliphatic rings. The van der Waals surface area contributed by atoms with Crippen LogP contribution in [-0.2, 0) is 0 Å². The number of aromatic nitrogens is 3. The van der Waals surface area contributed by atoms with Gasteiger partial charge in [0.05, 0.1) is 5.56 Å². The zero-order valence-electron chi connectivity index (χ0n) is 28.6. The number of para-hydroxylation sites is 2. The summed E-state index contributed by atoms with van der Waals surface area (Å²) in [4.78, 5) is 15.2. The minimum Gasteiger partial charge on any atom is -0.455 e. The maximum atomic E-state index is 6.43. The number of benzene rings is 8. The molecule has 0 amide bonds. The molecule has 4 heteroatoms. The van der Waals surface area contributed by atoms with Crippen molar-refractivity contribution in [2.75, 3.05) is 0 Å². The molecule has 0 fully saturated rings. The third kappa shape index (κ3) is 5.73. The van der Waals surface area contributed by atoms with E-state index >= 15 is 0 Å². The predicted molar refractivity (Wildman–Crippen MR) is 217 cm³/mol. The number of nitrogens with zero attached hydrogens (tertiary/aromatic N) is 3. The molecule has 0 atom stereocenters. The molecule has 4 nitrogen and oxygen atoms in total. The highest BCUT2D eigenvalue weighted by atomic mass is 16.3. The molecule has 53 heavy (non-hydrogen) atoms. The van der Waals surface area contributed by atoms with E-state index < -0.39 is 0 Å². The van der Waals surface area contributed by atoms with Crippen LogP contribution in [0.2, 0.25) is 0 Å². The lowest BCUT2D eigenvalue weighted by molar-refractivity contribution is 0.669. The maximum Gasteiger partial charge on any atom is 0.167 e. The Bertz CT molecular complexity index is 2930. The number of furan rings is 1. The predicted octanol–water partition coefficient (Wildman–Crippen LogP) is 12.9. The fourth-order valence-corrected chi connectivity index (χ4v) is 7.18. The van der Waals surface area contributed by atoms with E-state index in [2.05, 4.69) is 152 Å². The van der Waals surface area contributed by atoms with Gasteiger partial charge in [0.2, 0.25) is 0 Å². The average molecular weight is 678 g/mol. The summed E-state index contributed by atoms with van der Waals surface area (Å²) in [5.41, 5.74) is 11.2. The molecule has 0 saturated heterocycles. The molecule has 0 aliphatic heterocycles. The van der Waals surface area contributed by atoms with Crippen LogP contribution in [0.1, 0.15) is 0 Å². The van der Waals surface area contributed by atoms with Gasteiger partial charge in [0, 0.05) is 21.9 Å². The average Bonchev–Trinajstić information content (AvgIpc) is 3.63. The van der Waals surface area contributed by atoms with Crippen LogP contribution in [0.4, 0.5) is 0 Å². The molecule has 2 aromatic heterocycles. The Kier molecular flexibility index (Phi) is 7.43. The first-order valence-electron chi connectivity index (χ1n) is 17.8. The minimum absolute atomic E-state index is 0.563. The first kappa shape index (κ1) is 30.6. The second-order valence-electron chi connectivity index (χ2n) is 13.3. The highest BCUT2D eigenvalue weighted by Gasteiger charge is 2.18. The van der Waals surface area contributed by atoms with Gasteiger partial charge in [0.25, 0.3) is 0 Å².